The summed E-state index contributed by atoms with van der Waals surface area (Å²) >= 11 is 0. The maximum Gasteiger partial charge on any atom is 0.320 e. The normalized spacial score (nSPS) is 39.2. The van der Waals surface area contributed by atoms with Gasteiger partial charge in [0.15, 0.2) is 0 Å². The molecule has 2 bridgehead atoms. The standard InChI is InChI=1S/C18H31NO2/c1-17(2)14-8-9-18(17,3)15(12-14)21-16(20)13-19-10-6-4-5-7-11-19/h14-15H,4-13H2,1-3H3/t14-,15+,18-/m0/s1. The highest BCUT2D eigenvalue weighted by molar-refractivity contribution is 5.72. The van der Waals surface area contributed by atoms with E-state index in [1.54, 1.807) is 0 Å². The van der Waals surface area contributed by atoms with Gasteiger partial charge in [-0.1, -0.05) is 33.6 Å². The number of esters is 1. The van der Waals surface area contributed by atoms with Crippen LogP contribution in [0, 0.1) is 16.7 Å². The first kappa shape index (κ1) is 15.3. The molecule has 0 unspecified atom stereocenters. The Kier molecular flexibility index (Phi) is 4.06. The van der Waals surface area contributed by atoms with Gasteiger partial charge in [0.2, 0.25) is 0 Å². The molecule has 3 fully saturated rings. The highest BCUT2D eigenvalue weighted by Crippen LogP contribution is 2.66. The summed E-state index contributed by atoms with van der Waals surface area (Å²) in [6.07, 6.45) is 8.81. The number of carbonyl (C=O) groups excluding carboxylic acids is 1. The van der Waals surface area contributed by atoms with Gasteiger partial charge >= 0.3 is 5.97 Å². The topological polar surface area (TPSA) is 29.5 Å². The minimum absolute atomic E-state index is 0.00600. The van der Waals surface area contributed by atoms with Crippen LogP contribution in [0.3, 0.4) is 0 Å². The Morgan fingerprint density at radius 1 is 1.14 bits per heavy atom. The molecule has 2 saturated carbocycles. The quantitative estimate of drug-likeness (QED) is 0.744. The average molecular weight is 293 g/mol. The average Bonchev–Trinajstić information content (AvgIpc) is 2.69. The molecule has 21 heavy (non-hydrogen) atoms. The number of nitrogens with zero attached hydrogens (tertiary/aromatic N) is 1. The van der Waals surface area contributed by atoms with E-state index in [-0.39, 0.29) is 17.5 Å². The lowest BCUT2D eigenvalue weighted by Gasteiger charge is -2.38. The Hall–Kier alpha value is -0.570. The van der Waals surface area contributed by atoms with E-state index >= 15 is 0 Å². The molecule has 1 saturated heterocycles. The molecule has 0 spiro atoms. The Labute approximate surface area is 129 Å². The van der Waals surface area contributed by atoms with E-state index in [0.29, 0.717) is 12.0 Å². The molecule has 1 aliphatic heterocycles. The van der Waals surface area contributed by atoms with E-state index in [9.17, 15) is 4.79 Å². The van der Waals surface area contributed by atoms with Crippen molar-refractivity contribution in [2.45, 2.75) is 71.8 Å². The number of carbonyl (C=O) groups is 1. The lowest BCUT2D eigenvalue weighted by molar-refractivity contribution is -0.158. The van der Waals surface area contributed by atoms with Crippen molar-refractivity contribution in [3.05, 3.63) is 0 Å². The summed E-state index contributed by atoms with van der Waals surface area (Å²) in [4.78, 5) is 14.6. The van der Waals surface area contributed by atoms with Crippen LogP contribution < -0.4 is 0 Å². The molecule has 0 aromatic carbocycles. The molecule has 0 amide bonds. The lowest BCUT2D eigenvalue weighted by atomic mass is 9.70. The van der Waals surface area contributed by atoms with E-state index in [1.165, 1.54) is 38.5 Å². The second-order valence-corrected chi connectivity index (χ2v) is 8.28. The van der Waals surface area contributed by atoms with Gasteiger partial charge in [0.05, 0.1) is 6.54 Å². The van der Waals surface area contributed by atoms with Gasteiger partial charge in [-0.25, -0.2) is 0 Å². The molecule has 3 aliphatic rings. The van der Waals surface area contributed by atoms with Crippen molar-refractivity contribution in [3.63, 3.8) is 0 Å². The molecule has 0 aromatic rings. The number of likely N-dealkylation sites (tertiary alicyclic amines) is 1. The van der Waals surface area contributed by atoms with Gasteiger partial charge in [-0.3, -0.25) is 9.69 Å². The van der Waals surface area contributed by atoms with Crippen LogP contribution in [0.1, 0.15) is 65.7 Å². The SMILES string of the molecule is CC1(C)[C@H]2CC[C@@]1(C)[C@H](OC(=O)CN1CCCCCC1)C2. The van der Waals surface area contributed by atoms with Crippen LogP contribution in [0.4, 0.5) is 0 Å². The van der Waals surface area contributed by atoms with E-state index in [1.807, 2.05) is 0 Å². The Morgan fingerprint density at radius 3 is 2.33 bits per heavy atom. The maximum atomic E-state index is 12.3. The summed E-state index contributed by atoms with van der Waals surface area (Å²) in [5.74, 6) is 0.741. The van der Waals surface area contributed by atoms with Crippen LogP contribution in [0.15, 0.2) is 0 Å². The minimum atomic E-state index is 0.00600. The fourth-order valence-electron chi connectivity index (χ4n) is 4.98. The molecule has 3 atom stereocenters. The first-order chi connectivity index (χ1) is 9.93. The summed E-state index contributed by atoms with van der Waals surface area (Å²) in [5, 5.41) is 0. The van der Waals surface area contributed by atoms with Crippen molar-refractivity contribution in [2.24, 2.45) is 16.7 Å². The van der Waals surface area contributed by atoms with Crippen molar-refractivity contribution in [3.8, 4) is 0 Å². The first-order valence-corrected chi connectivity index (χ1v) is 8.85. The van der Waals surface area contributed by atoms with Gasteiger partial charge < -0.3 is 4.74 Å². The van der Waals surface area contributed by atoms with Crippen LogP contribution in [0.5, 0.6) is 0 Å². The third-order valence-electron chi connectivity index (χ3n) is 7.04. The highest BCUT2D eigenvalue weighted by Gasteiger charge is 2.62. The largest absolute Gasteiger partial charge is 0.461 e. The minimum Gasteiger partial charge on any atom is -0.461 e. The Bertz CT molecular complexity index is 398. The van der Waals surface area contributed by atoms with Crippen LogP contribution in [-0.2, 0) is 9.53 Å². The first-order valence-electron chi connectivity index (χ1n) is 8.85. The molecule has 0 radical (unpaired) electrons. The molecule has 0 aromatic heterocycles. The Balaban J connectivity index is 1.56. The van der Waals surface area contributed by atoms with Gasteiger partial charge in [0, 0.05) is 5.41 Å². The van der Waals surface area contributed by atoms with Crippen molar-refractivity contribution >= 4 is 5.97 Å². The lowest BCUT2D eigenvalue weighted by Crippen LogP contribution is -2.40. The summed E-state index contributed by atoms with van der Waals surface area (Å²) in [5.41, 5.74) is 0.507. The number of hydrogen-bond donors (Lipinski definition) is 0. The van der Waals surface area contributed by atoms with E-state index in [0.717, 1.165) is 25.4 Å². The van der Waals surface area contributed by atoms with Crippen molar-refractivity contribution < 1.29 is 9.53 Å². The third-order valence-corrected chi connectivity index (χ3v) is 7.04. The zero-order valence-electron chi connectivity index (χ0n) is 14.0. The molecule has 0 N–H and O–H groups in total. The van der Waals surface area contributed by atoms with Gasteiger partial charge in [-0.2, -0.15) is 0 Å². The number of rotatable bonds is 3. The van der Waals surface area contributed by atoms with Crippen molar-refractivity contribution in [2.75, 3.05) is 19.6 Å². The molecule has 3 nitrogen and oxygen atoms in total. The summed E-state index contributed by atoms with van der Waals surface area (Å²) in [7, 11) is 0. The molecule has 2 aliphatic carbocycles. The predicted octanol–water partition coefficient (Wildman–Crippen LogP) is 3.62. The molecule has 120 valence electrons. The second-order valence-electron chi connectivity index (χ2n) is 8.28. The van der Waals surface area contributed by atoms with Gasteiger partial charge in [-0.05, 0) is 56.5 Å². The van der Waals surface area contributed by atoms with E-state index < -0.39 is 0 Å². The zero-order valence-corrected chi connectivity index (χ0v) is 14.0. The number of hydrogen-bond acceptors (Lipinski definition) is 3. The molecule has 1 heterocycles. The molecular weight excluding hydrogens is 262 g/mol. The van der Waals surface area contributed by atoms with Crippen LogP contribution in [0.2, 0.25) is 0 Å². The van der Waals surface area contributed by atoms with Gasteiger partial charge in [0.25, 0.3) is 0 Å². The number of fused-ring (bicyclic) bond motifs is 2. The maximum absolute atomic E-state index is 12.3. The van der Waals surface area contributed by atoms with Crippen molar-refractivity contribution in [1.29, 1.82) is 0 Å². The predicted molar refractivity (Wildman–Crippen MR) is 84.0 cm³/mol. The zero-order chi connectivity index (χ0) is 15.1. The van der Waals surface area contributed by atoms with Crippen LogP contribution in [0.25, 0.3) is 0 Å². The van der Waals surface area contributed by atoms with Crippen LogP contribution in [-0.4, -0.2) is 36.6 Å². The number of ether oxygens (including phenoxy) is 1. The molecule has 3 heteroatoms. The molecule has 3 rings (SSSR count). The van der Waals surface area contributed by atoms with Gasteiger partial charge in [-0.15, -0.1) is 0 Å². The summed E-state index contributed by atoms with van der Waals surface area (Å²) < 4.78 is 5.95. The highest BCUT2D eigenvalue weighted by atomic mass is 16.5. The van der Waals surface area contributed by atoms with Crippen LogP contribution >= 0.6 is 0 Å². The van der Waals surface area contributed by atoms with E-state index in [4.69, 9.17) is 4.74 Å². The smallest absolute Gasteiger partial charge is 0.320 e. The van der Waals surface area contributed by atoms with E-state index in [2.05, 4.69) is 25.7 Å². The van der Waals surface area contributed by atoms with Crippen molar-refractivity contribution in [1.82, 2.24) is 4.90 Å². The Morgan fingerprint density at radius 2 is 1.81 bits per heavy atom. The molecular formula is C18H31NO2. The summed E-state index contributed by atoms with van der Waals surface area (Å²) in [6.45, 7) is 9.69. The van der Waals surface area contributed by atoms with Gasteiger partial charge in [0.1, 0.15) is 6.10 Å². The fraction of sp³-hybridized carbons (Fsp3) is 0.944. The second kappa shape index (κ2) is 5.57. The summed E-state index contributed by atoms with van der Waals surface area (Å²) in [6, 6.07) is 0. The third kappa shape index (κ3) is 2.62. The monoisotopic (exact) mass is 293 g/mol. The fourth-order valence-corrected chi connectivity index (χ4v) is 4.98.